The van der Waals surface area contributed by atoms with E-state index in [1.807, 2.05) is 13.0 Å². The number of aromatic nitrogens is 2. The number of hydrogen-bond donors (Lipinski definition) is 0. The van der Waals surface area contributed by atoms with Crippen LogP contribution in [0.3, 0.4) is 0 Å². The maximum absolute atomic E-state index is 6.25. The predicted molar refractivity (Wildman–Crippen MR) is 132 cm³/mol. The highest BCUT2D eigenvalue weighted by atomic mass is 16.5. The molecule has 2 aromatic carbocycles. The molecule has 1 fully saturated rings. The minimum absolute atomic E-state index is 0.545. The molecule has 1 saturated heterocycles. The van der Waals surface area contributed by atoms with Gasteiger partial charge in [-0.15, -0.1) is 0 Å². The molecule has 0 N–H and O–H groups in total. The summed E-state index contributed by atoms with van der Waals surface area (Å²) in [5.74, 6) is 2.94. The second-order valence-electron chi connectivity index (χ2n) is 8.78. The highest BCUT2D eigenvalue weighted by Gasteiger charge is 2.17. The maximum atomic E-state index is 6.25. The molecule has 3 aromatic rings. The van der Waals surface area contributed by atoms with Gasteiger partial charge in [-0.05, 0) is 70.0 Å². The summed E-state index contributed by atoms with van der Waals surface area (Å²) in [6.45, 7) is 12.5. The van der Waals surface area contributed by atoms with Crippen molar-refractivity contribution in [2.75, 3.05) is 39.5 Å². The number of hydrogen-bond acceptors (Lipinski definition) is 5. The Morgan fingerprint density at radius 1 is 0.909 bits per heavy atom. The largest absolute Gasteiger partial charge is 0.491 e. The number of aryl methyl sites for hydroxylation is 2. The van der Waals surface area contributed by atoms with Crippen molar-refractivity contribution in [1.29, 1.82) is 0 Å². The maximum Gasteiger partial charge on any atom is 0.125 e. The summed E-state index contributed by atoms with van der Waals surface area (Å²) < 4.78 is 19.9. The van der Waals surface area contributed by atoms with Crippen LogP contribution in [0.25, 0.3) is 11.0 Å². The fraction of sp³-hybridized carbons (Fsp3) is 0.519. The van der Waals surface area contributed by atoms with E-state index >= 15 is 0 Å². The third-order valence-corrected chi connectivity index (χ3v) is 6.28. The first kappa shape index (κ1) is 23.6. The van der Waals surface area contributed by atoms with Crippen LogP contribution in [-0.4, -0.2) is 54.0 Å². The molecule has 33 heavy (non-hydrogen) atoms. The van der Waals surface area contributed by atoms with Crippen LogP contribution in [-0.2, 0) is 17.8 Å². The van der Waals surface area contributed by atoms with Crippen LogP contribution in [0.5, 0.6) is 11.5 Å². The SMILES string of the molecule is CCOCCOc1ccc2nc(CN3CCCCC3)n(CCOc3c(C)cccc3C)c2c1. The summed E-state index contributed by atoms with van der Waals surface area (Å²) >= 11 is 0. The van der Waals surface area contributed by atoms with E-state index in [0.717, 1.165) is 54.5 Å². The van der Waals surface area contributed by atoms with Gasteiger partial charge in [0.15, 0.2) is 0 Å². The van der Waals surface area contributed by atoms with Gasteiger partial charge in [0.1, 0.15) is 30.5 Å². The molecule has 0 saturated carbocycles. The Balaban J connectivity index is 1.54. The summed E-state index contributed by atoms with van der Waals surface area (Å²) in [5, 5.41) is 0. The van der Waals surface area contributed by atoms with Crippen molar-refractivity contribution in [2.45, 2.75) is 53.1 Å². The number of para-hydroxylation sites is 1. The zero-order valence-corrected chi connectivity index (χ0v) is 20.3. The van der Waals surface area contributed by atoms with E-state index in [2.05, 4.69) is 53.6 Å². The molecule has 1 aromatic heterocycles. The van der Waals surface area contributed by atoms with E-state index in [1.54, 1.807) is 0 Å². The van der Waals surface area contributed by atoms with Crippen LogP contribution in [0.4, 0.5) is 0 Å². The van der Waals surface area contributed by atoms with Gasteiger partial charge in [0.25, 0.3) is 0 Å². The van der Waals surface area contributed by atoms with E-state index in [4.69, 9.17) is 19.2 Å². The van der Waals surface area contributed by atoms with Crippen molar-refractivity contribution >= 4 is 11.0 Å². The van der Waals surface area contributed by atoms with Gasteiger partial charge in [0.05, 0.1) is 30.7 Å². The Hall–Kier alpha value is -2.57. The molecule has 1 aliphatic rings. The van der Waals surface area contributed by atoms with Gasteiger partial charge < -0.3 is 18.8 Å². The Morgan fingerprint density at radius 2 is 1.70 bits per heavy atom. The van der Waals surface area contributed by atoms with E-state index in [0.29, 0.717) is 26.4 Å². The highest BCUT2D eigenvalue weighted by Crippen LogP contribution is 2.25. The van der Waals surface area contributed by atoms with Crippen molar-refractivity contribution in [1.82, 2.24) is 14.5 Å². The topological polar surface area (TPSA) is 48.8 Å². The average molecular weight is 452 g/mol. The summed E-state index contributed by atoms with van der Waals surface area (Å²) in [4.78, 5) is 7.52. The Morgan fingerprint density at radius 3 is 2.45 bits per heavy atom. The van der Waals surface area contributed by atoms with Crippen LogP contribution in [0.1, 0.15) is 43.1 Å². The number of ether oxygens (including phenoxy) is 3. The molecule has 0 spiro atoms. The Kier molecular flexibility index (Phi) is 8.24. The number of piperidine rings is 1. The standard InChI is InChI=1S/C27H37N3O3/c1-4-31-17-18-32-23-11-12-24-25(19-23)30(26(28-24)20-29-13-6-5-7-14-29)15-16-33-27-21(2)9-8-10-22(27)3/h8-12,19H,4-7,13-18,20H2,1-3H3. The molecule has 0 aliphatic carbocycles. The molecule has 6 heteroatoms. The fourth-order valence-corrected chi connectivity index (χ4v) is 4.56. The summed E-state index contributed by atoms with van der Waals surface area (Å²) in [6.07, 6.45) is 3.88. The lowest BCUT2D eigenvalue weighted by atomic mass is 10.1. The lowest BCUT2D eigenvalue weighted by Crippen LogP contribution is -2.30. The van der Waals surface area contributed by atoms with Crippen molar-refractivity contribution in [3.63, 3.8) is 0 Å². The Bertz CT molecular complexity index is 1020. The quantitative estimate of drug-likeness (QED) is 0.378. The number of imidazole rings is 1. The number of likely N-dealkylation sites (tertiary alicyclic amines) is 1. The molecule has 0 bridgehead atoms. The van der Waals surface area contributed by atoms with E-state index in [1.165, 1.54) is 30.4 Å². The Labute approximate surface area is 197 Å². The van der Waals surface area contributed by atoms with Gasteiger partial charge in [-0.2, -0.15) is 0 Å². The highest BCUT2D eigenvalue weighted by molar-refractivity contribution is 5.77. The number of fused-ring (bicyclic) bond motifs is 1. The normalized spacial score (nSPS) is 14.6. The first-order valence-corrected chi connectivity index (χ1v) is 12.3. The zero-order chi connectivity index (χ0) is 23.0. The summed E-state index contributed by atoms with van der Waals surface area (Å²) in [7, 11) is 0. The van der Waals surface area contributed by atoms with Crippen LogP contribution in [0.2, 0.25) is 0 Å². The minimum Gasteiger partial charge on any atom is -0.491 e. The van der Waals surface area contributed by atoms with Crippen LogP contribution in [0, 0.1) is 13.8 Å². The molecule has 4 rings (SSSR count). The van der Waals surface area contributed by atoms with Gasteiger partial charge in [0, 0.05) is 12.7 Å². The predicted octanol–water partition coefficient (Wildman–Crippen LogP) is 5.13. The molecule has 0 radical (unpaired) electrons. The van der Waals surface area contributed by atoms with Crippen LogP contribution < -0.4 is 9.47 Å². The monoisotopic (exact) mass is 451 g/mol. The average Bonchev–Trinajstić information content (AvgIpc) is 3.15. The van der Waals surface area contributed by atoms with Gasteiger partial charge >= 0.3 is 0 Å². The first-order valence-electron chi connectivity index (χ1n) is 12.3. The van der Waals surface area contributed by atoms with Crippen molar-refractivity contribution in [3.05, 3.63) is 53.3 Å². The second kappa shape index (κ2) is 11.5. The zero-order valence-electron chi connectivity index (χ0n) is 20.3. The third-order valence-electron chi connectivity index (χ3n) is 6.28. The number of rotatable bonds is 11. The summed E-state index contributed by atoms with van der Waals surface area (Å²) in [5.41, 5.74) is 4.44. The molecule has 0 unspecified atom stereocenters. The molecule has 2 heterocycles. The van der Waals surface area contributed by atoms with Crippen LogP contribution >= 0.6 is 0 Å². The first-order chi connectivity index (χ1) is 16.2. The number of benzene rings is 2. The molecular weight excluding hydrogens is 414 g/mol. The van der Waals surface area contributed by atoms with E-state index in [9.17, 15) is 0 Å². The van der Waals surface area contributed by atoms with Crippen molar-refractivity contribution in [3.8, 4) is 11.5 Å². The number of nitrogens with zero attached hydrogens (tertiary/aromatic N) is 3. The smallest absolute Gasteiger partial charge is 0.125 e. The molecule has 0 amide bonds. The van der Waals surface area contributed by atoms with E-state index in [-0.39, 0.29) is 0 Å². The van der Waals surface area contributed by atoms with E-state index < -0.39 is 0 Å². The van der Waals surface area contributed by atoms with Crippen molar-refractivity contribution in [2.24, 2.45) is 0 Å². The van der Waals surface area contributed by atoms with Gasteiger partial charge in [-0.3, -0.25) is 4.90 Å². The molecule has 1 aliphatic heterocycles. The van der Waals surface area contributed by atoms with Crippen LogP contribution in [0.15, 0.2) is 36.4 Å². The van der Waals surface area contributed by atoms with Gasteiger partial charge in [-0.25, -0.2) is 4.98 Å². The van der Waals surface area contributed by atoms with Crippen molar-refractivity contribution < 1.29 is 14.2 Å². The van der Waals surface area contributed by atoms with Gasteiger partial charge in [-0.1, -0.05) is 24.6 Å². The molecule has 6 nitrogen and oxygen atoms in total. The molecular formula is C27H37N3O3. The summed E-state index contributed by atoms with van der Waals surface area (Å²) in [6, 6.07) is 12.4. The second-order valence-corrected chi connectivity index (χ2v) is 8.78. The van der Waals surface area contributed by atoms with Gasteiger partial charge in [0.2, 0.25) is 0 Å². The lowest BCUT2D eigenvalue weighted by Gasteiger charge is -2.26. The fourth-order valence-electron chi connectivity index (χ4n) is 4.56. The molecule has 0 atom stereocenters. The minimum atomic E-state index is 0.545. The molecule has 178 valence electrons. The lowest BCUT2D eigenvalue weighted by molar-refractivity contribution is 0.110. The third kappa shape index (κ3) is 6.06.